The van der Waals surface area contributed by atoms with Gasteiger partial charge in [-0.3, -0.25) is 9.89 Å². The van der Waals surface area contributed by atoms with Crippen molar-refractivity contribution in [1.82, 2.24) is 15.2 Å². The molecule has 2 N–H and O–H groups in total. The molecule has 0 atom stereocenters. The van der Waals surface area contributed by atoms with Crippen LogP contribution in [0, 0.1) is 0 Å². The molecule has 112 valence electrons. The van der Waals surface area contributed by atoms with Gasteiger partial charge in [-0.25, -0.2) is 4.98 Å². The summed E-state index contributed by atoms with van der Waals surface area (Å²) in [5, 5.41) is 8.21. The molecule has 0 aliphatic heterocycles. The van der Waals surface area contributed by atoms with Crippen molar-refractivity contribution in [2.45, 2.75) is 19.5 Å². The van der Waals surface area contributed by atoms with E-state index in [1.807, 2.05) is 0 Å². The average Bonchev–Trinajstić information content (AvgIpc) is 2.88. The first-order valence-electron chi connectivity index (χ1n) is 5.90. The quantitative estimate of drug-likeness (QED) is 0.912. The van der Waals surface area contributed by atoms with Crippen LogP contribution >= 0.6 is 11.6 Å². The molecule has 1 heterocycles. The molecule has 1 amide bonds. The van der Waals surface area contributed by atoms with Crippen LogP contribution in [0.4, 0.5) is 18.9 Å². The van der Waals surface area contributed by atoms with Gasteiger partial charge >= 0.3 is 6.18 Å². The Morgan fingerprint density at radius 1 is 1.43 bits per heavy atom. The van der Waals surface area contributed by atoms with E-state index in [4.69, 9.17) is 11.6 Å². The van der Waals surface area contributed by atoms with Crippen LogP contribution in [0.15, 0.2) is 18.2 Å². The van der Waals surface area contributed by atoms with Crippen LogP contribution in [-0.2, 0) is 12.6 Å². The van der Waals surface area contributed by atoms with Gasteiger partial charge in [-0.1, -0.05) is 18.5 Å². The van der Waals surface area contributed by atoms with Crippen LogP contribution in [0.25, 0.3) is 0 Å². The first kappa shape index (κ1) is 15.3. The number of halogens is 4. The Kier molecular flexibility index (Phi) is 4.17. The number of aromatic amines is 1. The first-order valence-corrected chi connectivity index (χ1v) is 6.28. The lowest BCUT2D eigenvalue weighted by atomic mass is 10.1. The van der Waals surface area contributed by atoms with Crippen molar-refractivity contribution in [3.63, 3.8) is 0 Å². The average molecular weight is 319 g/mol. The molecule has 0 radical (unpaired) electrons. The summed E-state index contributed by atoms with van der Waals surface area (Å²) in [5.74, 6) is -0.596. The number of nitrogens with one attached hydrogen (secondary N) is 2. The van der Waals surface area contributed by atoms with Crippen molar-refractivity contribution < 1.29 is 18.0 Å². The standard InChI is InChI=1S/C12H10ClF3N4O/c1-2-9-18-10(20-19-9)11(21)17-8-4-3-6(13)5-7(8)12(14,15)16/h3-5H,2H2,1H3,(H,17,21)(H,18,19,20). The molecule has 2 rings (SSSR count). The van der Waals surface area contributed by atoms with Crippen molar-refractivity contribution in [2.75, 3.05) is 5.32 Å². The number of alkyl halides is 3. The molecule has 0 bridgehead atoms. The molecule has 0 fully saturated rings. The van der Waals surface area contributed by atoms with E-state index in [0.29, 0.717) is 12.2 Å². The van der Waals surface area contributed by atoms with Crippen molar-refractivity contribution in [3.05, 3.63) is 40.4 Å². The lowest BCUT2D eigenvalue weighted by Crippen LogP contribution is -2.18. The van der Waals surface area contributed by atoms with E-state index < -0.39 is 23.3 Å². The van der Waals surface area contributed by atoms with Gasteiger partial charge in [0, 0.05) is 11.4 Å². The van der Waals surface area contributed by atoms with Crippen LogP contribution in [0.2, 0.25) is 5.02 Å². The van der Waals surface area contributed by atoms with Crippen molar-refractivity contribution in [1.29, 1.82) is 0 Å². The summed E-state index contributed by atoms with van der Waals surface area (Å²) >= 11 is 5.56. The predicted octanol–water partition coefficient (Wildman–Crippen LogP) is 3.29. The number of nitrogens with zero attached hydrogens (tertiary/aromatic N) is 2. The topological polar surface area (TPSA) is 70.7 Å². The Hall–Kier alpha value is -2.09. The van der Waals surface area contributed by atoms with Gasteiger partial charge in [0.1, 0.15) is 5.82 Å². The zero-order valence-electron chi connectivity index (χ0n) is 10.8. The minimum atomic E-state index is -4.64. The van der Waals surface area contributed by atoms with E-state index in [-0.39, 0.29) is 10.8 Å². The third kappa shape index (κ3) is 3.52. The zero-order chi connectivity index (χ0) is 15.6. The molecular formula is C12H10ClF3N4O. The van der Waals surface area contributed by atoms with Crippen LogP contribution < -0.4 is 5.32 Å². The van der Waals surface area contributed by atoms with Gasteiger partial charge < -0.3 is 5.32 Å². The minimum absolute atomic E-state index is 0.0773. The van der Waals surface area contributed by atoms with Crippen molar-refractivity contribution in [3.8, 4) is 0 Å². The third-order valence-electron chi connectivity index (χ3n) is 2.60. The molecule has 1 aromatic carbocycles. The van der Waals surface area contributed by atoms with Crippen LogP contribution in [0.1, 0.15) is 28.9 Å². The Morgan fingerprint density at radius 2 is 2.14 bits per heavy atom. The number of rotatable bonds is 3. The molecular weight excluding hydrogens is 309 g/mol. The summed E-state index contributed by atoms with van der Waals surface area (Å²) in [6.45, 7) is 1.79. The highest BCUT2D eigenvalue weighted by molar-refractivity contribution is 6.30. The number of hydrogen-bond acceptors (Lipinski definition) is 3. The summed E-state index contributed by atoms with van der Waals surface area (Å²) in [4.78, 5) is 15.7. The maximum Gasteiger partial charge on any atom is 0.418 e. The Balaban J connectivity index is 2.29. The fourth-order valence-electron chi connectivity index (χ4n) is 1.59. The first-order chi connectivity index (χ1) is 9.81. The van der Waals surface area contributed by atoms with E-state index in [9.17, 15) is 18.0 Å². The lowest BCUT2D eigenvalue weighted by Gasteiger charge is -2.13. The highest BCUT2D eigenvalue weighted by atomic mass is 35.5. The number of H-pyrrole nitrogens is 1. The van der Waals surface area contributed by atoms with Crippen molar-refractivity contribution >= 4 is 23.2 Å². The SMILES string of the molecule is CCc1nc(C(=O)Nc2ccc(Cl)cc2C(F)(F)F)n[nH]1. The predicted molar refractivity (Wildman–Crippen MR) is 70.2 cm³/mol. The molecule has 0 saturated carbocycles. The van der Waals surface area contributed by atoms with Crippen molar-refractivity contribution in [2.24, 2.45) is 0 Å². The van der Waals surface area contributed by atoms with Gasteiger partial charge in [0.25, 0.3) is 5.91 Å². The number of hydrogen-bond donors (Lipinski definition) is 2. The van der Waals surface area contributed by atoms with E-state index in [2.05, 4.69) is 20.5 Å². The smallest absolute Gasteiger partial charge is 0.319 e. The number of carbonyl (C=O) groups excluding carboxylic acids is 1. The fourth-order valence-corrected chi connectivity index (χ4v) is 1.77. The zero-order valence-corrected chi connectivity index (χ0v) is 11.5. The Labute approximate surface area is 122 Å². The summed E-state index contributed by atoms with van der Waals surface area (Å²) in [6.07, 6.45) is -4.11. The molecule has 0 aliphatic rings. The molecule has 21 heavy (non-hydrogen) atoms. The molecule has 1 aromatic heterocycles. The van der Waals surface area contributed by atoms with E-state index in [1.54, 1.807) is 6.92 Å². The van der Waals surface area contributed by atoms with Gasteiger partial charge in [-0.2, -0.15) is 13.2 Å². The number of aromatic nitrogens is 3. The van der Waals surface area contributed by atoms with E-state index in [1.165, 1.54) is 6.07 Å². The number of anilines is 1. The van der Waals surface area contributed by atoms with Gasteiger partial charge in [-0.15, -0.1) is 5.10 Å². The Bertz CT molecular complexity index is 669. The molecule has 0 saturated heterocycles. The number of benzene rings is 1. The summed E-state index contributed by atoms with van der Waals surface area (Å²) < 4.78 is 38.7. The Morgan fingerprint density at radius 3 is 2.71 bits per heavy atom. The van der Waals surface area contributed by atoms with Gasteiger partial charge in [0.2, 0.25) is 5.82 Å². The van der Waals surface area contributed by atoms with E-state index >= 15 is 0 Å². The highest BCUT2D eigenvalue weighted by Crippen LogP contribution is 2.36. The molecule has 0 unspecified atom stereocenters. The van der Waals surface area contributed by atoms with Crippen LogP contribution in [0.5, 0.6) is 0 Å². The van der Waals surface area contributed by atoms with Gasteiger partial charge in [0.05, 0.1) is 11.3 Å². The van der Waals surface area contributed by atoms with Crippen LogP contribution in [0.3, 0.4) is 0 Å². The summed E-state index contributed by atoms with van der Waals surface area (Å²) in [5.41, 5.74) is -1.44. The molecule has 9 heteroatoms. The number of amides is 1. The maximum atomic E-state index is 12.9. The van der Waals surface area contributed by atoms with E-state index in [0.717, 1.165) is 12.1 Å². The molecule has 0 aliphatic carbocycles. The summed E-state index contributed by atoms with van der Waals surface area (Å²) in [6, 6.07) is 3.07. The minimum Gasteiger partial charge on any atom is -0.319 e. The monoisotopic (exact) mass is 318 g/mol. The van der Waals surface area contributed by atoms with Gasteiger partial charge in [0.15, 0.2) is 0 Å². The second-order valence-electron chi connectivity index (χ2n) is 4.10. The lowest BCUT2D eigenvalue weighted by molar-refractivity contribution is -0.136. The maximum absolute atomic E-state index is 12.9. The fraction of sp³-hybridized carbons (Fsp3) is 0.250. The normalized spacial score (nSPS) is 11.5. The second kappa shape index (κ2) is 5.72. The highest BCUT2D eigenvalue weighted by Gasteiger charge is 2.34. The van der Waals surface area contributed by atoms with Crippen LogP contribution in [-0.4, -0.2) is 21.1 Å². The summed E-state index contributed by atoms with van der Waals surface area (Å²) in [7, 11) is 0. The second-order valence-corrected chi connectivity index (χ2v) is 4.54. The number of aryl methyl sites for hydroxylation is 1. The third-order valence-corrected chi connectivity index (χ3v) is 2.84. The number of carbonyl (C=O) groups is 1. The molecule has 5 nitrogen and oxygen atoms in total. The largest absolute Gasteiger partial charge is 0.418 e. The van der Waals surface area contributed by atoms with Gasteiger partial charge in [-0.05, 0) is 18.2 Å². The molecule has 2 aromatic rings. The molecule has 0 spiro atoms.